The lowest BCUT2D eigenvalue weighted by Gasteiger charge is -2.21. The number of nitrogens with zero attached hydrogens (tertiary/aromatic N) is 3. The molecule has 5 rings (SSSR count). The molecule has 152 valence electrons. The summed E-state index contributed by atoms with van der Waals surface area (Å²) >= 11 is 1.53. The number of thiophene rings is 1. The number of hydrogen-bond donors (Lipinski definition) is 2. The molecule has 9 heteroatoms. The SMILES string of the molecule is Cc1sc2c(N)nc(N3CCS(=O)c4ccccc4C3)nc2c1[C@@H]1CNC[C@H]1F. The standard InChI is InChI=1S/C20H22FN5OS2/c1-11-16(13-8-23-9-14(13)21)17-18(28-11)19(22)25-20(24-17)26-6-7-29(27)15-5-3-2-4-12(15)10-26/h2-5,13-14,23H,6-10H2,1H3,(H2,22,24,25)/t13-,14-,29?/m1/s1. The van der Waals surface area contributed by atoms with Crippen LogP contribution in [-0.2, 0) is 17.3 Å². The molecule has 1 saturated heterocycles. The van der Waals surface area contributed by atoms with Crippen LogP contribution in [0.1, 0.15) is 21.9 Å². The van der Waals surface area contributed by atoms with E-state index >= 15 is 0 Å². The Balaban J connectivity index is 1.60. The molecule has 3 atom stereocenters. The van der Waals surface area contributed by atoms with Gasteiger partial charge in [0.05, 0.1) is 21.0 Å². The summed E-state index contributed by atoms with van der Waals surface area (Å²) in [7, 11) is -1.05. The van der Waals surface area contributed by atoms with Crippen LogP contribution in [0.2, 0.25) is 0 Å². The van der Waals surface area contributed by atoms with E-state index in [4.69, 9.17) is 10.7 Å². The molecule has 0 saturated carbocycles. The molecule has 29 heavy (non-hydrogen) atoms. The first-order valence-electron chi connectivity index (χ1n) is 9.65. The molecule has 0 amide bonds. The van der Waals surface area contributed by atoms with Crippen molar-refractivity contribution in [2.24, 2.45) is 0 Å². The minimum Gasteiger partial charge on any atom is -0.382 e. The average Bonchev–Trinajstić information content (AvgIpc) is 3.21. The quantitative estimate of drug-likeness (QED) is 0.649. The Morgan fingerprint density at radius 2 is 2.14 bits per heavy atom. The minimum absolute atomic E-state index is 0.219. The number of alkyl halides is 1. The number of fused-ring (bicyclic) bond motifs is 2. The Morgan fingerprint density at radius 1 is 1.31 bits per heavy atom. The van der Waals surface area contributed by atoms with Gasteiger partial charge in [-0.3, -0.25) is 4.21 Å². The third-order valence-electron chi connectivity index (χ3n) is 5.69. The van der Waals surface area contributed by atoms with Crippen molar-refractivity contribution < 1.29 is 8.60 Å². The van der Waals surface area contributed by atoms with Gasteiger partial charge in [0, 0.05) is 47.6 Å². The van der Waals surface area contributed by atoms with Gasteiger partial charge >= 0.3 is 0 Å². The highest BCUT2D eigenvalue weighted by Crippen LogP contribution is 2.40. The van der Waals surface area contributed by atoms with Gasteiger partial charge in [-0.25, -0.2) is 9.37 Å². The highest BCUT2D eigenvalue weighted by atomic mass is 32.2. The molecule has 6 nitrogen and oxygen atoms in total. The van der Waals surface area contributed by atoms with Crippen LogP contribution in [0.5, 0.6) is 0 Å². The van der Waals surface area contributed by atoms with Crippen molar-refractivity contribution in [3.8, 4) is 0 Å². The monoisotopic (exact) mass is 431 g/mol. The van der Waals surface area contributed by atoms with Crippen molar-refractivity contribution in [1.82, 2.24) is 15.3 Å². The summed E-state index contributed by atoms with van der Waals surface area (Å²) in [5.74, 6) is 1.23. The molecule has 0 radical (unpaired) electrons. The molecule has 0 spiro atoms. The smallest absolute Gasteiger partial charge is 0.228 e. The fraction of sp³-hybridized carbons (Fsp3) is 0.400. The number of aryl methyl sites for hydroxylation is 1. The zero-order chi connectivity index (χ0) is 20.1. The van der Waals surface area contributed by atoms with Gasteiger partial charge in [-0.05, 0) is 24.1 Å². The van der Waals surface area contributed by atoms with Crippen molar-refractivity contribution in [3.63, 3.8) is 0 Å². The third-order valence-corrected chi connectivity index (χ3v) is 8.26. The maximum Gasteiger partial charge on any atom is 0.228 e. The predicted octanol–water partition coefficient (Wildman–Crippen LogP) is 2.73. The van der Waals surface area contributed by atoms with Gasteiger partial charge in [-0.2, -0.15) is 4.98 Å². The van der Waals surface area contributed by atoms with Crippen LogP contribution in [0.3, 0.4) is 0 Å². The van der Waals surface area contributed by atoms with Crippen LogP contribution in [0.25, 0.3) is 10.2 Å². The van der Waals surface area contributed by atoms with Crippen molar-refractivity contribution in [3.05, 3.63) is 40.3 Å². The number of rotatable bonds is 2. The van der Waals surface area contributed by atoms with Crippen molar-refractivity contribution in [2.75, 3.05) is 36.0 Å². The van der Waals surface area contributed by atoms with Crippen LogP contribution in [-0.4, -0.2) is 45.7 Å². The largest absolute Gasteiger partial charge is 0.382 e. The highest BCUT2D eigenvalue weighted by Gasteiger charge is 2.33. The maximum atomic E-state index is 14.5. The number of halogens is 1. The van der Waals surface area contributed by atoms with Gasteiger partial charge in [0.15, 0.2) is 0 Å². The summed E-state index contributed by atoms with van der Waals surface area (Å²) in [5, 5.41) is 3.13. The first-order valence-corrected chi connectivity index (χ1v) is 11.8. The molecule has 1 aromatic carbocycles. The topological polar surface area (TPSA) is 84.1 Å². The van der Waals surface area contributed by atoms with Gasteiger partial charge in [0.25, 0.3) is 0 Å². The lowest BCUT2D eigenvalue weighted by Crippen LogP contribution is -2.27. The number of nitrogens with two attached hydrogens (primary N) is 1. The lowest BCUT2D eigenvalue weighted by molar-refractivity contribution is 0.332. The highest BCUT2D eigenvalue weighted by molar-refractivity contribution is 7.85. The van der Waals surface area contributed by atoms with E-state index in [1.165, 1.54) is 11.3 Å². The Morgan fingerprint density at radius 3 is 2.93 bits per heavy atom. The fourth-order valence-electron chi connectivity index (χ4n) is 4.24. The van der Waals surface area contributed by atoms with Crippen molar-refractivity contribution >= 4 is 44.1 Å². The summed E-state index contributed by atoms with van der Waals surface area (Å²) in [6, 6.07) is 7.77. The first-order chi connectivity index (χ1) is 14.0. The molecular weight excluding hydrogens is 409 g/mol. The van der Waals surface area contributed by atoms with Crippen LogP contribution >= 0.6 is 11.3 Å². The molecule has 4 heterocycles. The first kappa shape index (κ1) is 18.9. The van der Waals surface area contributed by atoms with E-state index in [0.29, 0.717) is 43.7 Å². The van der Waals surface area contributed by atoms with Gasteiger partial charge in [0.2, 0.25) is 5.95 Å². The zero-order valence-corrected chi connectivity index (χ0v) is 17.7. The second-order valence-corrected chi connectivity index (χ2v) is 10.3. The van der Waals surface area contributed by atoms with E-state index in [1.807, 2.05) is 36.1 Å². The summed E-state index contributed by atoms with van der Waals surface area (Å²) in [6.45, 7) is 4.10. The number of nitrogen functional groups attached to an aromatic ring is 1. The maximum absolute atomic E-state index is 14.5. The molecule has 3 N–H and O–H groups in total. The molecule has 0 bridgehead atoms. The van der Waals surface area contributed by atoms with Crippen LogP contribution in [0, 0.1) is 6.92 Å². The Bertz CT molecular complexity index is 1120. The number of aromatic nitrogens is 2. The van der Waals surface area contributed by atoms with E-state index in [1.54, 1.807) is 0 Å². The molecule has 3 aromatic rings. The summed E-state index contributed by atoms with van der Waals surface area (Å²) in [6.07, 6.45) is -0.932. The fourth-order valence-corrected chi connectivity index (χ4v) is 6.56. The third kappa shape index (κ3) is 3.21. The number of benzene rings is 1. The molecule has 2 aromatic heterocycles. The van der Waals surface area contributed by atoms with Crippen LogP contribution in [0.15, 0.2) is 29.2 Å². The predicted molar refractivity (Wildman–Crippen MR) is 116 cm³/mol. The normalized spacial score (nSPS) is 24.6. The van der Waals surface area contributed by atoms with Gasteiger partial charge < -0.3 is 16.0 Å². The van der Waals surface area contributed by atoms with Crippen LogP contribution < -0.4 is 16.0 Å². The van der Waals surface area contributed by atoms with Crippen molar-refractivity contribution in [1.29, 1.82) is 0 Å². The molecular formula is C20H22FN5OS2. The Hall–Kier alpha value is -2.10. The number of anilines is 2. The molecule has 0 aliphatic carbocycles. The van der Waals surface area contributed by atoms with E-state index in [-0.39, 0.29) is 5.92 Å². The summed E-state index contributed by atoms with van der Waals surface area (Å²) < 4.78 is 27.9. The van der Waals surface area contributed by atoms with Crippen LogP contribution in [0.4, 0.5) is 16.2 Å². The zero-order valence-electron chi connectivity index (χ0n) is 16.0. The summed E-state index contributed by atoms with van der Waals surface area (Å²) in [5.41, 5.74) is 9.01. The Labute approximate surface area is 174 Å². The van der Waals surface area contributed by atoms with Crippen molar-refractivity contribution in [2.45, 2.75) is 30.5 Å². The van der Waals surface area contributed by atoms with E-state index in [0.717, 1.165) is 31.1 Å². The molecule has 2 aliphatic heterocycles. The molecule has 1 fully saturated rings. The van der Waals surface area contributed by atoms with Gasteiger partial charge in [-0.1, -0.05) is 18.2 Å². The second kappa shape index (κ2) is 7.30. The molecule has 1 unspecified atom stereocenters. The minimum atomic E-state index is -1.05. The average molecular weight is 432 g/mol. The van der Waals surface area contributed by atoms with E-state index in [2.05, 4.69) is 10.3 Å². The Kier molecular flexibility index (Phi) is 4.76. The second-order valence-electron chi connectivity index (χ2n) is 7.52. The summed E-state index contributed by atoms with van der Waals surface area (Å²) in [4.78, 5) is 13.3. The van der Waals surface area contributed by atoms with E-state index in [9.17, 15) is 8.60 Å². The van der Waals surface area contributed by atoms with Gasteiger partial charge in [0.1, 0.15) is 12.0 Å². The lowest BCUT2D eigenvalue weighted by atomic mass is 9.96. The van der Waals surface area contributed by atoms with Gasteiger partial charge in [-0.15, -0.1) is 11.3 Å². The number of nitrogens with one attached hydrogen (secondary N) is 1. The number of hydrogen-bond acceptors (Lipinski definition) is 7. The van der Waals surface area contributed by atoms with E-state index < -0.39 is 17.0 Å². The molecule has 2 aliphatic rings.